The van der Waals surface area contributed by atoms with Crippen LogP contribution in [0.3, 0.4) is 0 Å². The Bertz CT molecular complexity index is 397. The van der Waals surface area contributed by atoms with Crippen molar-refractivity contribution in [1.29, 1.82) is 0 Å². The Balaban J connectivity index is 1.90. The maximum absolute atomic E-state index is 11.9. The molecular formula is C12H17BrN2O2. The van der Waals surface area contributed by atoms with Gasteiger partial charge in [0.05, 0.1) is 11.8 Å². The first-order chi connectivity index (χ1) is 8.11. The van der Waals surface area contributed by atoms with Gasteiger partial charge in [-0.3, -0.25) is 4.79 Å². The Morgan fingerprint density at radius 2 is 2.53 bits per heavy atom. The SMILES string of the molecule is CC1(CNC(=O)c2ccoc2Br)CCCNC1. The van der Waals surface area contributed by atoms with Crippen LogP contribution in [0.15, 0.2) is 21.4 Å². The molecule has 2 rings (SSSR count). The van der Waals surface area contributed by atoms with Gasteiger partial charge in [0.2, 0.25) is 0 Å². The van der Waals surface area contributed by atoms with Crippen LogP contribution in [-0.2, 0) is 0 Å². The van der Waals surface area contributed by atoms with E-state index in [1.807, 2.05) is 0 Å². The minimum atomic E-state index is -0.0857. The fourth-order valence-corrected chi connectivity index (χ4v) is 2.53. The highest BCUT2D eigenvalue weighted by Gasteiger charge is 2.27. The highest BCUT2D eigenvalue weighted by molar-refractivity contribution is 9.10. The van der Waals surface area contributed by atoms with Gasteiger partial charge >= 0.3 is 0 Å². The molecule has 5 heteroatoms. The standard InChI is InChI=1S/C12H17BrN2O2/c1-12(4-2-5-14-7-12)8-15-11(16)9-3-6-17-10(9)13/h3,6,14H,2,4-5,7-8H2,1H3,(H,15,16). The Kier molecular flexibility index (Phi) is 3.89. The fourth-order valence-electron chi connectivity index (χ4n) is 2.11. The van der Waals surface area contributed by atoms with E-state index in [-0.39, 0.29) is 11.3 Å². The molecule has 0 aliphatic carbocycles. The van der Waals surface area contributed by atoms with Crippen LogP contribution in [0.25, 0.3) is 0 Å². The van der Waals surface area contributed by atoms with Crippen LogP contribution in [-0.4, -0.2) is 25.5 Å². The molecule has 2 N–H and O–H groups in total. The maximum Gasteiger partial charge on any atom is 0.255 e. The molecule has 94 valence electrons. The first kappa shape index (κ1) is 12.6. The zero-order valence-corrected chi connectivity index (χ0v) is 11.5. The highest BCUT2D eigenvalue weighted by Crippen LogP contribution is 2.24. The third-order valence-corrected chi connectivity index (χ3v) is 3.84. The van der Waals surface area contributed by atoms with E-state index < -0.39 is 0 Å². The lowest BCUT2D eigenvalue weighted by Gasteiger charge is -2.34. The van der Waals surface area contributed by atoms with Crippen molar-refractivity contribution in [1.82, 2.24) is 10.6 Å². The lowest BCUT2D eigenvalue weighted by atomic mass is 9.83. The molecule has 1 aromatic heterocycles. The average Bonchev–Trinajstić information content (AvgIpc) is 2.74. The molecule has 1 aliphatic heterocycles. The molecule has 1 saturated heterocycles. The molecule has 0 radical (unpaired) electrons. The summed E-state index contributed by atoms with van der Waals surface area (Å²) in [4.78, 5) is 11.9. The number of halogens is 1. The van der Waals surface area contributed by atoms with Gasteiger partial charge in [-0.05, 0) is 46.8 Å². The van der Waals surface area contributed by atoms with Crippen molar-refractivity contribution in [2.45, 2.75) is 19.8 Å². The quantitative estimate of drug-likeness (QED) is 0.899. The summed E-state index contributed by atoms with van der Waals surface area (Å²) in [7, 11) is 0. The molecule has 0 aromatic carbocycles. The Morgan fingerprint density at radius 3 is 3.12 bits per heavy atom. The van der Waals surface area contributed by atoms with Crippen molar-refractivity contribution in [2.75, 3.05) is 19.6 Å². The van der Waals surface area contributed by atoms with Crippen LogP contribution in [0.4, 0.5) is 0 Å². The Morgan fingerprint density at radius 1 is 1.71 bits per heavy atom. The predicted molar refractivity (Wildman–Crippen MR) is 69.0 cm³/mol. The molecule has 1 fully saturated rings. The zero-order chi connectivity index (χ0) is 12.3. The number of rotatable bonds is 3. The van der Waals surface area contributed by atoms with Crippen molar-refractivity contribution in [2.24, 2.45) is 5.41 Å². The van der Waals surface area contributed by atoms with E-state index in [9.17, 15) is 4.79 Å². The smallest absolute Gasteiger partial charge is 0.255 e. The average molecular weight is 301 g/mol. The fraction of sp³-hybridized carbons (Fsp3) is 0.583. The highest BCUT2D eigenvalue weighted by atomic mass is 79.9. The second-order valence-electron chi connectivity index (χ2n) is 4.88. The normalized spacial score (nSPS) is 24.6. The lowest BCUT2D eigenvalue weighted by molar-refractivity contribution is 0.0923. The summed E-state index contributed by atoms with van der Waals surface area (Å²) >= 11 is 3.21. The van der Waals surface area contributed by atoms with Gasteiger partial charge in [-0.2, -0.15) is 0 Å². The van der Waals surface area contributed by atoms with E-state index in [2.05, 4.69) is 33.5 Å². The van der Waals surface area contributed by atoms with Crippen molar-refractivity contribution >= 4 is 21.8 Å². The second kappa shape index (κ2) is 5.23. The molecule has 1 atom stereocenters. The molecule has 17 heavy (non-hydrogen) atoms. The summed E-state index contributed by atoms with van der Waals surface area (Å²) in [6, 6.07) is 1.67. The van der Waals surface area contributed by atoms with E-state index in [1.165, 1.54) is 12.7 Å². The third kappa shape index (κ3) is 3.10. The molecule has 0 bridgehead atoms. The van der Waals surface area contributed by atoms with E-state index in [0.717, 1.165) is 19.5 Å². The molecule has 1 amide bonds. The molecule has 0 spiro atoms. The van der Waals surface area contributed by atoms with Gasteiger partial charge in [-0.15, -0.1) is 0 Å². The molecule has 4 nitrogen and oxygen atoms in total. The molecular weight excluding hydrogens is 284 g/mol. The maximum atomic E-state index is 11.9. The largest absolute Gasteiger partial charge is 0.457 e. The van der Waals surface area contributed by atoms with Crippen molar-refractivity contribution < 1.29 is 9.21 Å². The number of furan rings is 1. The van der Waals surface area contributed by atoms with Crippen LogP contribution in [0.1, 0.15) is 30.1 Å². The summed E-state index contributed by atoms with van der Waals surface area (Å²) in [5, 5.41) is 6.33. The Labute approximate surface area is 109 Å². The Hall–Kier alpha value is -0.810. The van der Waals surface area contributed by atoms with Crippen LogP contribution in [0.2, 0.25) is 0 Å². The first-order valence-electron chi connectivity index (χ1n) is 5.83. The summed E-state index contributed by atoms with van der Waals surface area (Å²) in [5.41, 5.74) is 0.710. The summed E-state index contributed by atoms with van der Waals surface area (Å²) in [6.07, 6.45) is 3.82. The lowest BCUT2D eigenvalue weighted by Crippen LogP contribution is -2.45. The van der Waals surface area contributed by atoms with Crippen LogP contribution < -0.4 is 10.6 Å². The molecule has 2 heterocycles. The molecule has 1 aliphatic rings. The van der Waals surface area contributed by atoms with Crippen LogP contribution in [0.5, 0.6) is 0 Å². The third-order valence-electron chi connectivity index (χ3n) is 3.22. The minimum absolute atomic E-state index is 0.0857. The number of hydrogen-bond donors (Lipinski definition) is 2. The number of piperidine rings is 1. The number of hydrogen-bond acceptors (Lipinski definition) is 3. The number of carbonyl (C=O) groups excluding carboxylic acids is 1. The first-order valence-corrected chi connectivity index (χ1v) is 6.62. The van der Waals surface area contributed by atoms with Crippen molar-refractivity contribution in [3.05, 3.63) is 22.6 Å². The minimum Gasteiger partial charge on any atom is -0.457 e. The predicted octanol–water partition coefficient (Wildman–Crippen LogP) is 2.16. The van der Waals surface area contributed by atoms with E-state index in [0.29, 0.717) is 16.8 Å². The van der Waals surface area contributed by atoms with Crippen molar-refractivity contribution in [3.63, 3.8) is 0 Å². The van der Waals surface area contributed by atoms with Gasteiger partial charge in [-0.25, -0.2) is 0 Å². The van der Waals surface area contributed by atoms with Crippen LogP contribution in [0, 0.1) is 5.41 Å². The van der Waals surface area contributed by atoms with Gasteiger partial charge in [0, 0.05) is 13.1 Å². The van der Waals surface area contributed by atoms with Gasteiger partial charge in [0.1, 0.15) is 0 Å². The zero-order valence-electron chi connectivity index (χ0n) is 9.88. The number of carbonyl (C=O) groups is 1. The van der Waals surface area contributed by atoms with Crippen molar-refractivity contribution in [3.8, 4) is 0 Å². The molecule has 1 unspecified atom stereocenters. The monoisotopic (exact) mass is 300 g/mol. The second-order valence-corrected chi connectivity index (χ2v) is 5.60. The number of nitrogens with one attached hydrogen (secondary N) is 2. The summed E-state index contributed by atoms with van der Waals surface area (Å²) < 4.78 is 5.53. The van der Waals surface area contributed by atoms with Gasteiger partial charge in [0.25, 0.3) is 5.91 Å². The van der Waals surface area contributed by atoms with E-state index in [4.69, 9.17) is 4.42 Å². The van der Waals surface area contributed by atoms with E-state index in [1.54, 1.807) is 6.07 Å². The summed E-state index contributed by atoms with van der Waals surface area (Å²) in [6.45, 7) is 4.93. The molecule has 1 aromatic rings. The van der Waals surface area contributed by atoms with Gasteiger partial charge in [-0.1, -0.05) is 6.92 Å². The molecule has 0 saturated carbocycles. The van der Waals surface area contributed by atoms with Gasteiger partial charge in [0.15, 0.2) is 4.67 Å². The van der Waals surface area contributed by atoms with E-state index >= 15 is 0 Å². The summed E-state index contributed by atoms with van der Waals surface area (Å²) in [5.74, 6) is -0.0857. The number of amides is 1. The topological polar surface area (TPSA) is 54.3 Å². The van der Waals surface area contributed by atoms with Crippen LogP contribution >= 0.6 is 15.9 Å². The van der Waals surface area contributed by atoms with Gasteiger partial charge < -0.3 is 15.1 Å².